The topological polar surface area (TPSA) is 143 Å². The van der Waals surface area contributed by atoms with Crippen molar-refractivity contribution in [3.8, 4) is 5.75 Å². The highest BCUT2D eigenvalue weighted by Crippen LogP contribution is 2.30. The highest BCUT2D eigenvalue weighted by atomic mass is 32.2. The number of halogens is 3. The number of ether oxygens (including phenoxy) is 1. The summed E-state index contributed by atoms with van der Waals surface area (Å²) in [5.74, 6) is 0.376. The minimum atomic E-state index is -5.08. The van der Waals surface area contributed by atoms with Crippen molar-refractivity contribution in [2.24, 2.45) is 11.8 Å². The number of alkyl halides is 3. The van der Waals surface area contributed by atoms with E-state index in [2.05, 4.69) is 27.5 Å². The Balaban J connectivity index is 0.000000654. The lowest BCUT2D eigenvalue weighted by Crippen LogP contribution is -2.32. The SMILES string of the molecule is COc1ccc(CCNc2nc(NCC3CCC(CNS(=O)(=O)c4ccc5ccccc5c4)CC3)nc3ccccc23)cc1.O=C(O)C(F)(F)F. The molecule has 0 unspecified atom stereocenters. The second kappa shape index (κ2) is 16.8. The molecule has 1 aliphatic carbocycles. The van der Waals surface area contributed by atoms with Gasteiger partial charge in [-0.25, -0.2) is 22.9 Å². The number of benzene rings is 4. The maximum atomic E-state index is 13.0. The molecule has 0 aliphatic heterocycles. The molecule has 1 aliphatic rings. The summed E-state index contributed by atoms with van der Waals surface area (Å²) in [6, 6.07) is 29.3. The van der Waals surface area contributed by atoms with Crippen LogP contribution in [0.2, 0.25) is 0 Å². The van der Waals surface area contributed by atoms with E-state index in [0.29, 0.717) is 29.2 Å². The van der Waals surface area contributed by atoms with Crippen LogP contribution in [0.25, 0.3) is 21.7 Å². The number of para-hydroxylation sites is 1. The summed E-state index contributed by atoms with van der Waals surface area (Å²) in [5.41, 5.74) is 2.13. The predicted octanol–water partition coefficient (Wildman–Crippen LogP) is 7.28. The van der Waals surface area contributed by atoms with Crippen LogP contribution >= 0.6 is 0 Å². The van der Waals surface area contributed by atoms with Gasteiger partial charge in [0.2, 0.25) is 16.0 Å². The number of hydrogen-bond donors (Lipinski definition) is 4. The number of aliphatic carboxylic acids is 1. The molecular weight excluding hydrogens is 683 g/mol. The largest absolute Gasteiger partial charge is 0.497 e. The van der Waals surface area contributed by atoms with Crippen molar-refractivity contribution in [3.05, 3.63) is 96.6 Å². The number of rotatable bonds is 12. The van der Waals surface area contributed by atoms with Gasteiger partial charge in [0, 0.05) is 25.0 Å². The average molecular weight is 724 g/mol. The second-order valence-corrected chi connectivity index (χ2v) is 14.1. The fourth-order valence-corrected chi connectivity index (χ4v) is 7.08. The van der Waals surface area contributed by atoms with Crippen molar-refractivity contribution in [1.82, 2.24) is 14.7 Å². The molecule has 1 heterocycles. The van der Waals surface area contributed by atoms with E-state index in [4.69, 9.17) is 24.6 Å². The number of nitrogens with zero attached hydrogens (tertiary/aromatic N) is 2. The van der Waals surface area contributed by atoms with Crippen LogP contribution < -0.4 is 20.1 Å². The standard InChI is InChI=1S/C35H39N5O3S.C2HF3O2/c1-43-30-17-14-25(15-18-30)20-21-36-34-32-8-4-5-9-33(32)39-35(40-34)37-23-26-10-12-27(13-11-26)24-38-44(41,42)31-19-16-28-6-2-3-7-29(28)22-31;3-2(4,5)1(6)7/h2-9,14-19,22,26-27,38H,10-13,20-21,23-24H2,1H3,(H2,36,37,39,40);(H,6,7). The zero-order valence-electron chi connectivity index (χ0n) is 28.0. The molecule has 14 heteroatoms. The molecule has 0 radical (unpaired) electrons. The molecule has 0 atom stereocenters. The van der Waals surface area contributed by atoms with Crippen molar-refractivity contribution in [1.29, 1.82) is 0 Å². The van der Waals surface area contributed by atoms with Crippen LogP contribution in [-0.4, -0.2) is 62.4 Å². The number of fused-ring (bicyclic) bond motifs is 2. The van der Waals surface area contributed by atoms with Gasteiger partial charge in [0.15, 0.2) is 0 Å². The Bertz CT molecular complexity index is 2040. The molecule has 1 saturated carbocycles. The minimum absolute atomic E-state index is 0.319. The Hall–Kier alpha value is -4.95. The lowest BCUT2D eigenvalue weighted by molar-refractivity contribution is -0.192. The zero-order valence-corrected chi connectivity index (χ0v) is 28.8. The molecule has 5 aromatic rings. The van der Waals surface area contributed by atoms with Gasteiger partial charge in [0.25, 0.3) is 0 Å². The number of aromatic nitrogens is 2. The molecule has 0 spiro atoms. The fourth-order valence-electron chi connectivity index (χ4n) is 5.93. The van der Waals surface area contributed by atoms with Gasteiger partial charge in [-0.3, -0.25) is 0 Å². The van der Waals surface area contributed by atoms with Crippen molar-refractivity contribution in [2.45, 2.75) is 43.2 Å². The molecule has 4 N–H and O–H groups in total. The summed E-state index contributed by atoms with van der Waals surface area (Å²) in [7, 11) is -1.87. The molecule has 1 fully saturated rings. The van der Waals surface area contributed by atoms with Gasteiger partial charge >= 0.3 is 12.1 Å². The molecule has 51 heavy (non-hydrogen) atoms. The lowest BCUT2D eigenvalue weighted by Gasteiger charge is -2.28. The first-order valence-electron chi connectivity index (χ1n) is 16.6. The van der Waals surface area contributed by atoms with Crippen molar-refractivity contribution >= 4 is 49.4 Å². The summed E-state index contributed by atoms with van der Waals surface area (Å²) in [6.45, 7) is 2.01. The van der Waals surface area contributed by atoms with Crippen molar-refractivity contribution in [2.75, 3.05) is 37.4 Å². The summed E-state index contributed by atoms with van der Waals surface area (Å²) in [4.78, 5) is 18.8. The van der Waals surface area contributed by atoms with E-state index in [0.717, 1.165) is 78.4 Å². The highest BCUT2D eigenvalue weighted by Gasteiger charge is 2.38. The minimum Gasteiger partial charge on any atom is -0.497 e. The monoisotopic (exact) mass is 723 g/mol. The van der Waals surface area contributed by atoms with Crippen molar-refractivity contribution < 1.29 is 36.2 Å². The van der Waals surface area contributed by atoms with Crippen LogP contribution in [0, 0.1) is 11.8 Å². The van der Waals surface area contributed by atoms with Crippen LogP contribution in [-0.2, 0) is 21.2 Å². The van der Waals surface area contributed by atoms with Crippen LogP contribution in [0.5, 0.6) is 5.75 Å². The smallest absolute Gasteiger partial charge is 0.490 e. The molecule has 10 nitrogen and oxygen atoms in total. The molecule has 270 valence electrons. The van der Waals surface area contributed by atoms with Gasteiger partial charge in [-0.05, 0) is 96.7 Å². The van der Waals surface area contributed by atoms with E-state index in [1.807, 2.05) is 66.7 Å². The first kappa shape index (κ1) is 37.3. The van der Waals surface area contributed by atoms with Crippen LogP contribution in [0.1, 0.15) is 31.2 Å². The number of methoxy groups -OCH3 is 1. The molecule has 0 saturated heterocycles. The Morgan fingerprint density at radius 2 is 1.47 bits per heavy atom. The van der Waals surface area contributed by atoms with Gasteiger partial charge in [-0.2, -0.15) is 18.2 Å². The summed E-state index contributed by atoms with van der Waals surface area (Å²) < 4.78 is 65.8. The normalized spacial score (nSPS) is 16.2. The van der Waals surface area contributed by atoms with Crippen LogP contribution in [0.4, 0.5) is 24.9 Å². The number of carboxylic acids is 1. The van der Waals surface area contributed by atoms with Gasteiger partial charge in [0.1, 0.15) is 11.6 Å². The zero-order chi connectivity index (χ0) is 36.4. The number of carbonyl (C=O) groups is 1. The number of carboxylic acid groups (broad SMARTS) is 1. The van der Waals surface area contributed by atoms with E-state index < -0.39 is 22.2 Å². The van der Waals surface area contributed by atoms with E-state index in [1.165, 1.54) is 5.56 Å². The van der Waals surface area contributed by atoms with Crippen LogP contribution in [0.3, 0.4) is 0 Å². The predicted molar refractivity (Wildman–Crippen MR) is 191 cm³/mol. The number of sulfonamides is 1. The summed E-state index contributed by atoms with van der Waals surface area (Å²) in [6.07, 6.45) is -0.161. The third-order valence-corrected chi connectivity index (χ3v) is 10.2. The summed E-state index contributed by atoms with van der Waals surface area (Å²) >= 11 is 0. The Morgan fingerprint density at radius 1 is 0.843 bits per heavy atom. The van der Waals surface area contributed by atoms with E-state index >= 15 is 0 Å². The maximum absolute atomic E-state index is 13.0. The molecule has 6 rings (SSSR count). The first-order chi connectivity index (χ1) is 24.4. The molecule has 0 amide bonds. The van der Waals surface area contributed by atoms with Gasteiger partial charge in [-0.15, -0.1) is 0 Å². The van der Waals surface area contributed by atoms with E-state index in [1.54, 1.807) is 19.2 Å². The Morgan fingerprint density at radius 3 is 2.14 bits per heavy atom. The molecule has 0 bridgehead atoms. The Kier molecular flexibility index (Phi) is 12.3. The third-order valence-electron chi connectivity index (χ3n) is 8.82. The average Bonchev–Trinajstić information content (AvgIpc) is 3.13. The number of nitrogens with one attached hydrogen (secondary N) is 3. The second-order valence-electron chi connectivity index (χ2n) is 12.4. The summed E-state index contributed by atoms with van der Waals surface area (Å²) in [5, 5.41) is 17.1. The van der Waals surface area contributed by atoms with E-state index in [-0.39, 0.29) is 0 Å². The van der Waals surface area contributed by atoms with E-state index in [9.17, 15) is 21.6 Å². The van der Waals surface area contributed by atoms with Gasteiger partial charge < -0.3 is 20.5 Å². The van der Waals surface area contributed by atoms with Gasteiger partial charge in [-0.1, -0.05) is 54.6 Å². The lowest BCUT2D eigenvalue weighted by atomic mass is 9.82. The quantitative estimate of drug-likeness (QED) is 0.105. The Labute approximate surface area is 294 Å². The third kappa shape index (κ3) is 10.5. The van der Waals surface area contributed by atoms with Gasteiger partial charge in [0.05, 0.1) is 17.5 Å². The highest BCUT2D eigenvalue weighted by molar-refractivity contribution is 7.89. The van der Waals surface area contributed by atoms with Crippen LogP contribution in [0.15, 0.2) is 95.9 Å². The first-order valence-corrected chi connectivity index (χ1v) is 18.1. The maximum Gasteiger partial charge on any atom is 0.490 e. The molecule has 1 aromatic heterocycles. The number of hydrogen-bond acceptors (Lipinski definition) is 8. The fraction of sp³-hybridized carbons (Fsp3) is 0.324. The molecular formula is C37H40F3N5O5S. The van der Waals surface area contributed by atoms with Crippen molar-refractivity contribution in [3.63, 3.8) is 0 Å². The number of anilines is 2. The molecule has 4 aromatic carbocycles.